The van der Waals surface area contributed by atoms with Crippen molar-refractivity contribution >= 4 is 11.9 Å². The van der Waals surface area contributed by atoms with Gasteiger partial charge in [0.25, 0.3) is 0 Å². The number of hydrogen-bond acceptors (Lipinski definition) is 2. The van der Waals surface area contributed by atoms with Crippen molar-refractivity contribution in [3.63, 3.8) is 0 Å². The lowest BCUT2D eigenvalue weighted by Gasteiger charge is -2.09. The van der Waals surface area contributed by atoms with Crippen LogP contribution in [0.5, 0.6) is 0 Å². The van der Waals surface area contributed by atoms with E-state index in [0.717, 1.165) is 22.6 Å². The van der Waals surface area contributed by atoms with Gasteiger partial charge in [-0.1, -0.05) is 19.9 Å². The highest BCUT2D eigenvalue weighted by molar-refractivity contribution is 5.86. The molecule has 5 nitrogen and oxygen atoms in total. The van der Waals surface area contributed by atoms with Gasteiger partial charge in [-0.15, -0.1) is 0 Å². The first-order valence-electron chi connectivity index (χ1n) is 9.45. The molecule has 1 saturated carbocycles. The predicted molar refractivity (Wildman–Crippen MR) is 108 cm³/mol. The number of aromatic nitrogens is 3. The van der Waals surface area contributed by atoms with Gasteiger partial charge in [0.05, 0.1) is 11.4 Å². The molecule has 0 aliphatic heterocycles. The number of rotatable bonds is 4. The molecule has 4 rings (SSSR count). The van der Waals surface area contributed by atoms with E-state index < -0.39 is 0 Å². The number of nitrogens with zero attached hydrogens (tertiary/aromatic N) is 2. The van der Waals surface area contributed by atoms with Gasteiger partial charge in [-0.2, -0.15) is 0 Å². The number of H-pyrrole nitrogens is 1. The summed E-state index contributed by atoms with van der Waals surface area (Å²) < 4.78 is 16.5. The topological polar surface area (TPSA) is 62.7 Å². The van der Waals surface area contributed by atoms with E-state index in [-0.39, 0.29) is 29.0 Å². The smallest absolute Gasteiger partial charge is 0.223 e. The number of aryl methyl sites for hydroxylation is 2. The van der Waals surface area contributed by atoms with Crippen molar-refractivity contribution in [3.8, 4) is 11.3 Å². The third kappa shape index (κ3) is 2.93. The first kappa shape index (κ1) is 18.5. The molecule has 1 aliphatic carbocycles. The highest BCUT2D eigenvalue weighted by Gasteiger charge is 2.60. The van der Waals surface area contributed by atoms with Crippen LogP contribution in [0.3, 0.4) is 0 Å². The summed E-state index contributed by atoms with van der Waals surface area (Å²) in [5, 5.41) is 2.71. The Kier molecular flexibility index (Phi) is 4.17. The predicted octanol–water partition coefficient (Wildman–Crippen LogP) is 4.73. The molecular weight excluding hydrogens is 355 g/mol. The number of amides is 1. The van der Waals surface area contributed by atoms with Crippen molar-refractivity contribution in [1.29, 1.82) is 0 Å². The summed E-state index contributed by atoms with van der Waals surface area (Å²) in [6.45, 7) is 7.85. The Labute approximate surface area is 164 Å². The molecule has 0 spiro atoms. The van der Waals surface area contributed by atoms with Crippen molar-refractivity contribution in [2.45, 2.75) is 39.5 Å². The summed E-state index contributed by atoms with van der Waals surface area (Å²) in [5.74, 6) is 0.546. The Bertz CT molecular complexity index is 1060. The first-order valence-corrected chi connectivity index (χ1v) is 9.45. The van der Waals surface area contributed by atoms with Crippen molar-refractivity contribution in [2.75, 3.05) is 5.32 Å². The van der Waals surface area contributed by atoms with Crippen LogP contribution >= 0.6 is 0 Å². The molecule has 2 atom stereocenters. The SMILES string of the molecule is CC(=O)Nc1nc([C@@H]2[C@@H](c3ccc(F)c(-c4cccn4C)c3)C2(C)C)c(C)[nH]1. The van der Waals surface area contributed by atoms with Gasteiger partial charge in [0, 0.05) is 37.3 Å². The number of benzene rings is 1. The van der Waals surface area contributed by atoms with Crippen LogP contribution in [0.2, 0.25) is 0 Å². The van der Waals surface area contributed by atoms with Gasteiger partial charge in [-0.25, -0.2) is 9.37 Å². The largest absolute Gasteiger partial charge is 0.350 e. The van der Waals surface area contributed by atoms with Crippen LogP contribution in [0.25, 0.3) is 11.3 Å². The minimum absolute atomic E-state index is 0.00322. The molecule has 0 radical (unpaired) electrons. The second kappa shape index (κ2) is 6.33. The van der Waals surface area contributed by atoms with E-state index in [2.05, 4.69) is 29.1 Å². The van der Waals surface area contributed by atoms with Crippen LogP contribution in [0.4, 0.5) is 10.3 Å². The highest BCUT2D eigenvalue weighted by Crippen LogP contribution is 2.70. The summed E-state index contributed by atoms with van der Waals surface area (Å²) in [6, 6.07) is 9.25. The molecule has 1 fully saturated rings. The van der Waals surface area contributed by atoms with Gasteiger partial charge in [-0.05, 0) is 48.1 Å². The summed E-state index contributed by atoms with van der Waals surface area (Å²) in [7, 11) is 1.92. The van der Waals surface area contributed by atoms with Crippen LogP contribution in [-0.4, -0.2) is 20.4 Å². The number of carbonyl (C=O) groups is 1. The lowest BCUT2D eigenvalue weighted by Crippen LogP contribution is -2.07. The van der Waals surface area contributed by atoms with Crippen molar-refractivity contribution < 1.29 is 9.18 Å². The third-order valence-electron chi connectivity index (χ3n) is 5.91. The molecule has 6 heteroatoms. The average Bonchev–Trinajstić information content (AvgIpc) is 2.89. The van der Waals surface area contributed by atoms with E-state index in [9.17, 15) is 9.18 Å². The fourth-order valence-corrected chi connectivity index (χ4v) is 4.45. The number of carbonyl (C=O) groups excluding carboxylic acids is 1. The molecule has 0 unspecified atom stereocenters. The van der Waals surface area contributed by atoms with E-state index in [0.29, 0.717) is 11.5 Å². The third-order valence-corrected chi connectivity index (χ3v) is 5.91. The second-order valence-corrected chi connectivity index (χ2v) is 8.30. The summed E-state index contributed by atoms with van der Waals surface area (Å²) >= 11 is 0. The summed E-state index contributed by atoms with van der Waals surface area (Å²) in [5.41, 5.74) is 4.49. The van der Waals surface area contributed by atoms with Gasteiger partial charge in [0.2, 0.25) is 11.9 Å². The van der Waals surface area contributed by atoms with Gasteiger partial charge < -0.3 is 9.55 Å². The maximum absolute atomic E-state index is 14.5. The van der Waals surface area contributed by atoms with Crippen LogP contribution in [-0.2, 0) is 11.8 Å². The van der Waals surface area contributed by atoms with Crippen LogP contribution in [0.15, 0.2) is 36.5 Å². The van der Waals surface area contributed by atoms with Crippen molar-refractivity contribution in [3.05, 3.63) is 59.3 Å². The molecule has 1 aliphatic rings. The standard InChI is InChI=1S/C22H25FN4O/c1-12-20(26-21(24-12)25-13(2)28)19-18(22(19,3)4)14-8-9-16(23)15(11-14)17-7-6-10-27(17)5/h6-11,18-19H,1-5H3,(H2,24,25,26,28)/t18-,19+/m1/s1. The highest BCUT2D eigenvalue weighted by atomic mass is 19.1. The van der Waals surface area contributed by atoms with Crippen LogP contribution < -0.4 is 5.32 Å². The Hall–Kier alpha value is -2.89. The Balaban J connectivity index is 1.70. The fraction of sp³-hybridized carbons (Fsp3) is 0.364. The van der Waals surface area contributed by atoms with E-state index in [4.69, 9.17) is 0 Å². The average molecular weight is 380 g/mol. The molecule has 0 bridgehead atoms. The minimum atomic E-state index is -0.218. The number of nitrogens with one attached hydrogen (secondary N) is 2. The molecule has 28 heavy (non-hydrogen) atoms. The van der Waals surface area contributed by atoms with Crippen molar-refractivity contribution in [2.24, 2.45) is 12.5 Å². The summed E-state index contributed by atoms with van der Waals surface area (Å²) in [6.07, 6.45) is 1.92. The number of imidazole rings is 1. The molecule has 0 saturated heterocycles. The Morgan fingerprint density at radius 1 is 1.29 bits per heavy atom. The first-order chi connectivity index (χ1) is 13.2. The number of anilines is 1. The van der Waals surface area contributed by atoms with Crippen LogP contribution in [0.1, 0.15) is 49.6 Å². The number of halogens is 1. The van der Waals surface area contributed by atoms with Crippen LogP contribution in [0, 0.1) is 18.2 Å². The molecule has 1 aromatic carbocycles. The zero-order valence-electron chi connectivity index (χ0n) is 16.8. The van der Waals surface area contributed by atoms with Gasteiger partial charge in [-0.3, -0.25) is 10.1 Å². The van der Waals surface area contributed by atoms with E-state index in [1.54, 1.807) is 6.07 Å². The lowest BCUT2D eigenvalue weighted by molar-refractivity contribution is -0.114. The Morgan fingerprint density at radius 2 is 2.04 bits per heavy atom. The van der Waals surface area contributed by atoms with Gasteiger partial charge in [0.15, 0.2) is 0 Å². The van der Waals surface area contributed by atoms with E-state index >= 15 is 0 Å². The van der Waals surface area contributed by atoms with Crippen molar-refractivity contribution in [1.82, 2.24) is 14.5 Å². The minimum Gasteiger partial charge on any atom is -0.350 e. The molecule has 1 amide bonds. The number of hydrogen-bond donors (Lipinski definition) is 2. The maximum atomic E-state index is 14.5. The maximum Gasteiger partial charge on any atom is 0.223 e. The lowest BCUT2D eigenvalue weighted by atomic mass is 9.99. The van der Waals surface area contributed by atoms with Gasteiger partial charge >= 0.3 is 0 Å². The zero-order chi connectivity index (χ0) is 20.2. The molecular formula is C22H25FN4O. The quantitative estimate of drug-likeness (QED) is 0.687. The molecule has 3 aromatic rings. The monoisotopic (exact) mass is 380 g/mol. The molecule has 2 heterocycles. The number of aromatic amines is 1. The summed E-state index contributed by atoms with van der Waals surface area (Å²) in [4.78, 5) is 19.1. The van der Waals surface area contributed by atoms with E-state index in [1.165, 1.54) is 6.92 Å². The fourth-order valence-electron chi connectivity index (χ4n) is 4.45. The van der Waals surface area contributed by atoms with E-state index in [1.807, 2.05) is 49.0 Å². The molecule has 146 valence electrons. The normalized spacial score (nSPS) is 20.2. The second-order valence-electron chi connectivity index (χ2n) is 8.30. The molecule has 2 N–H and O–H groups in total. The Morgan fingerprint density at radius 3 is 2.68 bits per heavy atom. The molecule has 2 aromatic heterocycles. The zero-order valence-corrected chi connectivity index (χ0v) is 16.8. The van der Waals surface area contributed by atoms with Gasteiger partial charge in [0.1, 0.15) is 5.82 Å².